The molecule has 0 bridgehead atoms. The van der Waals surface area contributed by atoms with Gasteiger partial charge in [0.1, 0.15) is 4.90 Å². The van der Waals surface area contributed by atoms with Crippen LogP contribution in [0.25, 0.3) is 11.3 Å². The summed E-state index contributed by atoms with van der Waals surface area (Å²) in [5.74, 6) is 0. The molecule has 4 nitrogen and oxygen atoms in total. The molecule has 0 spiro atoms. The minimum Gasteiger partial charge on any atom is -0.282 e. The lowest BCUT2D eigenvalue weighted by molar-refractivity contribution is 0.483. The third-order valence-corrected chi connectivity index (χ3v) is 2.98. The molecule has 0 unspecified atom stereocenters. The van der Waals surface area contributed by atoms with Crippen LogP contribution in [-0.2, 0) is 10.1 Å². The zero-order valence-corrected chi connectivity index (χ0v) is 9.05. The first-order chi connectivity index (χ1) is 7.59. The van der Waals surface area contributed by atoms with Crippen LogP contribution in [0.4, 0.5) is 0 Å². The summed E-state index contributed by atoms with van der Waals surface area (Å²) in [7, 11) is -4.24. The second kappa shape index (κ2) is 4.03. The molecule has 1 aromatic carbocycles. The van der Waals surface area contributed by atoms with Gasteiger partial charge in [0.05, 0.1) is 5.69 Å². The lowest BCUT2D eigenvalue weighted by Crippen LogP contribution is -2.01. The smallest absolute Gasteiger partial charge is 0.282 e. The van der Waals surface area contributed by atoms with Gasteiger partial charge in [-0.1, -0.05) is 30.3 Å². The predicted molar refractivity (Wildman–Crippen MR) is 59.5 cm³/mol. The van der Waals surface area contributed by atoms with Crippen LogP contribution in [0.1, 0.15) is 0 Å². The van der Waals surface area contributed by atoms with Crippen LogP contribution in [0, 0.1) is 0 Å². The van der Waals surface area contributed by atoms with Crippen LogP contribution in [0.3, 0.4) is 0 Å². The van der Waals surface area contributed by atoms with Crippen molar-refractivity contribution >= 4 is 10.1 Å². The van der Waals surface area contributed by atoms with Crippen molar-refractivity contribution in [2.24, 2.45) is 0 Å². The Labute approximate surface area is 93.3 Å². The molecule has 0 radical (unpaired) electrons. The summed E-state index contributed by atoms with van der Waals surface area (Å²) in [6, 6.07) is 11.6. The average Bonchev–Trinajstić information content (AvgIpc) is 2.29. The Kier molecular flexibility index (Phi) is 2.72. The van der Waals surface area contributed by atoms with Crippen molar-refractivity contribution in [2.45, 2.75) is 4.90 Å². The van der Waals surface area contributed by atoms with E-state index in [4.69, 9.17) is 4.55 Å². The highest BCUT2D eigenvalue weighted by molar-refractivity contribution is 7.86. The summed E-state index contributed by atoms with van der Waals surface area (Å²) in [6.45, 7) is 0. The molecular formula is C11H9NO3S. The second-order valence-electron chi connectivity index (χ2n) is 3.19. The van der Waals surface area contributed by atoms with Gasteiger partial charge in [0.25, 0.3) is 10.1 Å². The molecule has 1 N–H and O–H groups in total. The van der Waals surface area contributed by atoms with Gasteiger partial charge in [0, 0.05) is 11.8 Å². The van der Waals surface area contributed by atoms with Crippen LogP contribution in [0.15, 0.2) is 53.6 Å². The van der Waals surface area contributed by atoms with Gasteiger partial charge < -0.3 is 0 Å². The maximum atomic E-state index is 11.1. The minimum atomic E-state index is -4.24. The molecule has 16 heavy (non-hydrogen) atoms. The van der Waals surface area contributed by atoms with E-state index in [0.717, 1.165) is 0 Å². The van der Waals surface area contributed by atoms with Crippen molar-refractivity contribution in [1.82, 2.24) is 4.98 Å². The first kappa shape index (κ1) is 10.8. The van der Waals surface area contributed by atoms with E-state index in [-0.39, 0.29) is 10.6 Å². The standard InChI is InChI=1S/C11H9NO3S/c13-16(14,15)10-7-4-8-12-11(10)9-5-2-1-3-6-9/h1-8H,(H,13,14,15). The number of pyridine rings is 1. The molecule has 5 heteroatoms. The van der Waals surface area contributed by atoms with Crippen LogP contribution in [-0.4, -0.2) is 18.0 Å². The van der Waals surface area contributed by atoms with Gasteiger partial charge in [-0.15, -0.1) is 0 Å². The highest BCUT2D eigenvalue weighted by atomic mass is 32.2. The molecule has 0 saturated carbocycles. The van der Waals surface area contributed by atoms with Crippen LogP contribution in [0.5, 0.6) is 0 Å². The van der Waals surface area contributed by atoms with Gasteiger partial charge in [-0.25, -0.2) is 0 Å². The molecule has 0 saturated heterocycles. The molecular weight excluding hydrogens is 226 g/mol. The number of hydrogen-bond acceptors (Lipinski definition) is 3. The zero-order chi connectivity index (χ0) is 11.6. The van der Waals surface area contributed by atoms with E-state index >= 15 is 0 Å². The number of benzene rings is 1. The molecule has 1 aromatic heterocycles. The first-order valence-electron chi connectivity index (χ1n) is 4.57. The SMILES string of the molecule is O=S(=O)(O)c1cccnc1-c1ccccc1. The number of hydrogen-bond donors (Lipinski definition) is 1. The van der Waals surface area contributed by atoms with Crippen LogP contribution >= 0.6 is 0 Å². The van der Waals surface area contributed by atoms with Gasteiger partial charge in [0.15, 0.2) is 0 Å². The second-order valence-corrected chi connectivity index (χ2v) is 4.58. The lowest BCUT2D eigenvalue weighted by Gasteiger charge is -2.05. The summed E-state index contributed by atoms with van der Waals surface area (Å²) < 4.78 is 31.3. The van der Waals surface area contributed by atoms with E-state index in [1.165, 1.54) is 18.3 Å². The summed E-state index contributed by atoms with van der Waals surface area (Å²) in [5.41, 5.74) is 0.904. The van der Waals surface area contributed by atoms with Crippen molar-refractivity contribution < 1.29 is 13.0 Å². The van der Waals surface area contributed by atoms with Gasteiger partial charge in [0.2, 0.25) is 0 Å². The highest BCUT2D eigenvalue weighted by Crippen LogP contribution is 2.23. The number of nitrogens with zero attached hydrogens (tertiary/aromatic N) is 1. The zero-order valence-electron chi connectivity index (χ0n) is 8.24. The summed E-state index contributed by atoms with van der Waals surface area (Å²) in [5, 5.41) is 0. The van der Waals surface area contributed by atoms with Crippen molar-refractivity contribution in [1.29, 1.82) is 0 Å². The Morgan fingerprint density at radius 3 is 2.31 bits per heavy atom. The van der Waals surface area contributed by atoms with Crippen LogP contribution < -0.4 is 0 Å². The summed E-state index contributed by atoms with van der Waals surface area (Å²) in [6.07, 6.45) is 1.48. The quantitative estimate of drug-likeness (QED) is 0.808. The number of rotatable bonds is 2. The minimum absolute atomic E-state index is 0.179. The molecule has 1 heterocycles. The summed E-state index contributed by atoms with van der Waals surface area (Å²) in [4.78, 5) is 3.80. The van der Waals surface area contributed by atoms with Crippen molar-refractivity contribution in [2.75, 3.05) is 0 Å². The van der Waals surface area contributed by atoms with Crippen molar-refractivity contribution in [3.05, 3.63) is 48.7 Å². The maximum absolute atomic E-state index is 11.1. The van der Waals surface area contributed by atoms with E-state index in [0.29, 0.717) is 5.56 Å². The van der Waals surface area contributed by atoms with E-state index in [2.05, 4.69) is 4.98 Å². The Balaban J connectivity index is 2.68. The summed E-state index contributed by atoms with van der Waals surface area (Å²) >= 11 is 0. The lowest BCUT2D eigenvalue weighted by atomic mass is 10.1. The van der Waals surface area contributed by atoms with E-state index in [1.807, 2.05) is 6.07 Å². The third kappa shape index (κ3) is 2.10. The Bertz CT molecular complexity index is 594. The van der Waals surface area contributed by atoms with E-state index < -0.39 is 10.1 Å². The van der Waals surface area contributed by atoms with E-state index in [1.54, 1.807) is 24.3 Å². The molecule has 0 aliphatic carbocycles. The number of aromatic nitrogens is 1. The van der Waals surface area contributed by atoms with Crippen molar-refractivity contribution in [3.63, 3.8) is 0 Å². The molecule has 2 rings (SSSR count). The third-order valence-electron chi connectivity index (χ3n) is 2.10. The highest BCUT2D eigenvalue weighted by Gasteiger charge is 2.16. The molecule has 0 atom stereocenters. The molecule has 2 aromatic rings. The van der Waals surface area contributed by atoms with Gasteiger partial charge in [-0.05, 0) is 12.1 Å². The van der Waals surface area contributed by atoms with Crippen LogP contribution in [0.2, 0.25) is 0 Å². The molecule has 0 aliphatic heterocycles. The topological polar surface area (TPSA) is 67.3 Å². The molecule has 0 aliphatic rings. The fraction of sp³-hybridized carbons (Fsp3) is 0. The van der Waals surface area contributed by atoms with Gasteiger partial charge in [-0.3, -0.25) is 9.54 Å². The Morgan fingerprint density at radius 2 is 1.69 bits per heavy atom. The molecule has 0 fully saturated rings. The maximum Gasteiger partial charge on any atom is 0.296 e. The van der Waals surface area contributed by atoms with Gasteiger partial charge in [-0.2, -0.15) is 8.42 Å². The normalized spacial score (nSPS) is 11.3. The fourth-order valence-electron chi connectivity index (χ4n) is 1.41. The van der Waals surface area contributed by atoms with Gasteiger partial charge >= 0.3 is 0 Å². The molecule has 0 amide bonds. The first-order valence-corrected chi connectivity index (χ1v) is 6.01. The Hall–Kier alpha value is -1.72. The fourth-order valence-corrected chi connectivity index (χ4v) is 2.08. The average molecular weight is 235 g/mol. The van der Waals surface area contributed by atoms with E-state index in [9.17, 15) is 8.42 Å². The predicted octanol–water partition coefficient (Wildman–Crippen LogP) is 2.00. The Morgan fingerprint density at radius 1 is 1.00 bits per heavy atom. The monoisotopic (exact) mass is 235 g/mol. The van der Waals surface area contributed by atoms with Crippen molar-refractivity contribution in [3.8, 4) is 11.3 Å². The molecule has 82 valence electrons. The largest absolute Gasteiger partial charge is 0.296 e.